The molecule has 0 aliphatic heterocycles. The van der Waals surface area contributed by atoms with E-state index in [1.54, 1.807) is 12.0 Å². The molecule has 2 atom stereocenters. The monoisotopic (exact) mass is 516 g/mol. The topological polar surface area (TPSA) is 67.9 Å². The van der Waals surface area contributed by atoms with Crippen LogP contribution in [-0.4, -0.2) is 42.5 Å². The Bertz CT molecular complexity index is 1150. The lowest BCUT2D eigenvalue weighted by atomic mass is 10.0. The first-order valence-corrected chi connectivity index (χ1v) is 13.4. The van der Waals surface area contributed by atoms with E-state index in [1.807, 2.05) is 93.6 Å². The first kappa shape index (κ1) is 28.8. The number of methoxy groups -OCH3 is 1. The minimum atomic E-state index is -0.623. The van der Waals surface area contributed by atoms with Gasteiger partial charge in [0.25, 0.3) is 0 Å². The molecule has 0 radical (unpaired) electrons. The molecule has 0 saturated heterocycles. The van der Waals surface area contributed by atoms with E-state index >= 15 is 0 Å². The fourth-order valence-corrected chi connectivity index (χ4v) is 4.23. The molecule has 0 unspecified atom stereocenters. The van der Waals surface area contributed by atoms with Gasteiger partial charge in [0.15, 0.2) is 0 Å². The molecule has 202 valence electrons. The summed E-state index contributed by atoms with van der Waals surface area (Å²) in [6.45, 7) is 6.82. The molecule has 38 heavy (non-hydrogen) atoms. The lowest BCUT2D eigenvalue weighted by molar-refractivity contribution is -0.141. The van der Waals surface area contributed by atoms with Gasteiger partial charge < -0.3 is 19.7 Å². The van der Waals surface area contributed by atoms with E-state index in [-0.39, 0.29) is 24.3 Å². The molecule has 0 spiro atoms. The van der Waals surface area contributed by atoms with Gasteiger partial charge in [0, 0.05) is 25.4 Å². The van der Waals surface area contributed by atoms with Crippen molar-refractivity contribution < 1.29 is 19.1 Å². The highest BCUT2D eigenvalue weighted by molar-refractivity contribution is 5.88. The van der Waals surface area contributed by atoms with Crippen LogP contribution in [0.15, 0.2) is 78.9 Å². The predicted molar refractivity (Wildman–Crippen MR) is 151 cm³/mol. The van der Waals surface area contributed by atoms with Gasteiger partial charge in [-0.25, -0.2) is 0 Å². The minimum absolute atomic E-state index is 0.0228. The lowest BCUT2D eigenvalue weighted by Gasteiger charge is -2.32. The van der Waals surface area contributed by atoms with Gasteiger partial charge in [0.2, 0.25) is 11.8 Å². The van der Waals surface area contributed by atoms with Crippen LogP contribution in [0.1, 0.15) is 49.8 Å². The minimum Gasteiger partial charge on any atom is -0.497 e. The third-order valence-corrected chi connectivity index (χ3v) is 6.57. The molecule has 0 aliphatic carbocycles. The summed E-state index contributed by atoms with van der Waals surface area (Å²) < 4.78 is 11.0. The molecule has 6 heteroatoms. The SMILES string of the molecule is CC[C@@H](C)NC(=O)[C@@H](Cc1ccccc1)N(Cc1cccc(C)c1)C(=O)CCCOc1ccc(OC)cc1. The number of nitrogens with zero attached hydrogens (tertiary/aromatic N) is 1. The van der Waals surface area contributed by atoms with Crippen molar-refractivity contribution in [2.75, 3.05) is 13.7 Å². The Morgan fingerprint density at radius 3 is 2.26 bits per heavy atom. The Labute approximate surface area is 227 Å². The number of benzene rings is 3. The molecule has 3 rings (SSSR count). The summed E-state index contributed by atoms with van der Waals surface area (Å²) in [6, 6.07) is 24.7. The van der Waals surface area contributed by atoms with E-state index in [9.17, 15) is 9.59 Å². The summed E-state index contributed by atoms with van der Waals surface area (Å²) in [5.41, 5.74) is 3.13. The van der Waals surface area contributed by atoms with Crippen LogP contribution in [0.4, 0.5) is 0 Å². The van der Waals surface area contributed by atoms with Crippen molar-refractivity contribution in [3.05, 3.63) is 95.6 Å². The van der Waals surface area contributed by atoms with Crippen molar-refractivity contribution >= 4 is 11.8 Å². The number of ether oxygens (including phenoxy) is 2. The molecular formula is C32H40N2O4. The number of aryl methyl sites for hydroxylation is 1. The fraction of sp³-hybridized carbons (Fsp3) is 0.375. The zero-order valence-corrected chi connectivity index (χ0v) is 23.0. The second kappa shape index (κ2) is 14.8. The summed E-state index contributed by atoms with van der Waals surface area (Å²) >= 11 is 0. The van der Waals surface area contributed by atoms with Gasteiger partial charge in [-0.1, -0.05) is 67.1 Å². The Morgan fingerprint density at radius 1 is 0.921 bits per heavy atom. The number of amides is 2. The van der Waals surface area contributed by atoms with Crippen LogP contribution < -0.4 is 14.8 Å². The van der Waals surface area contributed by atoms with Crippen LogP contribution >= 0.6 is 0 Å². The highest BCUT2D eigenvalue weighted by Gasteiger charge is 2.30. The number of carbonyl (C=O) groups excluding carboxylic acids is 2. The summed E-state index contributed by atoms with van der Waals surface area (Å²) in [5.74, 6) is 1.30. The van der Waals surface area contributed by atoms with Crippen LogP contribution in [0.25, 0.3) is 0 Å². The molecule has 1 N–H and O–H groups in total. The summed E-state index contributed by atoms with van der Waals surface area (Å²) in [6.07, 6.45) is 2.09. The van der Waals surface area contributed by atoms with E-state index in [2.05, 4.69) is 11.4 Å². The van der Waals surface area contributed by atoms with Crippen LogP contribution in [0, 0.1) is 6.92 Å². The normalized spacial score (nSPS) is 12.3. The summed E-state index contributed by atoms with van der Waals surface area (Å²) in [5, 5.41) is 3.11. The maximum atomic E-state index is 13.7. The smallest absolute Gasteiger partial charge is 0.243 e. The highest BCUT2D eigenvalue weighted by atomic mass is 16.5. The van der Waals surface area contributed by atoms with Gasteiger partial charge >= 0.3 is 0 Å². The molecule has 6 nitrogen and oxygen atoms in total. The van der Waals surface area contributed by atoms with E-state index in [0.29, 0.717) is 26.0 Å². The van der Waals surface area contributed by atoms with E-state index in [0.717, 1.165) is 34.6 Å². The van der Waals surface area contributed by atoms with Gasteiger partial charge in [0.1, 0.15) is 17.5 Å². The fourth-order valence-electron chi connectivity index (χ4n) is 4.23. The summed E-state index contributed by atoms with van der Waals surface area (Å²) in [4.78, 5) is 29.0. The van der Waals surface area contributed by atoms with Gasteiger partial charge in [0.05, 0.1) is 13.7 Å². The van der Waals surface area contributed by atoms with Gasteiger partial charge in [-0.15, -0.1) is 0 Å². The van der Waals surface area contributed by atoms with Crippen molar-refractivity contribution in [1.29, 1.82) is 0 Å². The van der Waals surface area contributed by atoms with E-state index in [1.165, 1.54) is 0 Å². The first-order valence-electron chi connectivity index (χ1n) is 13.4. The number of nitrogens with one attached hydrogen (secondary N) is 1. The standard InChI is InChI=1S/C32H40N2O4/c1-5-25(3)33-32(36)30(22-26-12-7-6-8-13-26)34(23-27-14-9-11-24(2)21-27)31(35)15-10-20-38-29-18-16-28(37-4)17-19-29/h6-9,11-14,16-19,21,25,30H,5,10,15,20,22-23H2,1-4H3,(H,33,36)/t25-,30-/m1/s1. The highest BCUT2D eigenvalue weighted by Crippen LogP contribution is 2.19. The van der Waals surface area contributed by atoms with Crippen LogP contribution in [0.5, 0.6) is 11.5 Å². The molecule has 0 bridgehead atoms. The Morgan fingerprint density at radius 2 is 1.61 bits per heavy atom. The second-order valence-corrected chi connectivity index (χ2v) is 9.66. The largest absolute Gasteiger partial charge is 0.497 e. The zero-order chi connectivity index (χ0) is 27.3. The maximum absolute atomic E-state index is 13.7. The number of carbonyl (C=O) groups is 2. The second-order valence-electron chi connectivity index (χ2n) is 9.66. The maximum Gasteiger partial charge on any atom is 0.243 e. The first-order chi connectivity index (χ1) is 18.4. The predicted octanol–water partition coefficient (Wildman–Crippen LogP) is 5.72. The van der Waals surface area contributed by atoms with Crippen molar-refractivity contribution in [2.45, 2.75) is 65.1 Å². The third kappa shape index (κ3) is 8.94. The average Bonchev–Trinajstić information content (AvgIpc) is 2.93. The lowest BCUT2D eigenvalue weighted by Crippen LogP contribution is -2.52. The number of rotatable bonds is 14. The summed E-state index contributed by atoms with van der Waals surface area (Å²) in [7, 11) is 1.62. The molecule has 0 aliphatic rings. The molecule has 0 saturated carbocycles. The molecular weight excluding hydrogens is 476 g/mol. The van der Waals surface area contributed by atoms with Crippen LogP contribution in [0.3, 0.4) is 0 Å². The quantitative estimate of drug-likeness (QED) is 0.278. The van der Waals surface area contributed by atoms with Crippen molar-refractivity contribution in [2.24, 2.45) is 0 Å². The Hall–Kier alpha value is -3.80. The molecule has 0 fully saturated rings. The Kier molecular flexibility index (Phi) is 11.2. The van der Waals surface area contributed by atoms with Crippen molar-refractivity contribution in [3.63, 3.8) is 0 Å². The molecule has 0 aromatic heterocycles. The molecule has 3 aromatic carbocycles. The third-order valence-electron chi connectivity index (χ3n) is 6.57. The van der Waals surface area contributed by atoms with Gasteiger partial charge in [-0.3, -0.25) is 9.59 Å². The van der Waals surface area contributed by atoms with Crippen LogP contribution in [0.2, 0.25) is 0 Å². The van der Waals surface area contributed by atoms with E-state index in [4.69, 9.17) is 9.47 Å². The number of hydrogen-bond donors (Lipinski definition) is 1. The van der Waals surface area contributed by atoms with Gasteiger partial charge in [-0.05, 0) is 62.1 Å². The molecule has 2 amide bonds. The molecule has 3 aromatic rings. The number of hydrogen-bond acceptors (Lipinski definition) is 4. The Balaban J connectivity index is 1.78. The van der Waals surface area contributed by atoms with Gasteiger partial charge in [-0.2, -0.15) is 0 Å². The zero-order valence-electron chi connectivity index (χ0n) is 23.0. The average molecular weight is 517 g/mol. The molecule has 0 heterocycles. The van der Waals surface area contributed by atoms with Crippen LogP contribution in [-0.2, 0) is 22.6 Å². The van der Waals surface area contributed by atoms with Crippen molar-refractivity contribution in [3.8, 4) is 11.5 Å². The van der Waals surface area contributed by atoms with E-state index < -0.39 is 6.04 Å². The van der Waals surface area contributed by atoms with Crippen molar-refractivity contribution in [1.82, 2.24) is 10.2 Å².